The molecule has 0 saturated heterocycles. The fourth-order valence-electron chi connectivity index (χ4n) is 2.00. The molecule has 100 valence electrons. The van der Waals surface area contributed by atoms with Gasteiger partial charge in [-0.3, -0.25) is 9.78 Å². The number of hydrogen-bond donors (Lipinski definition) is 2. The van der Waals surface area contributed by atoms with E-state index in [2.05, 4.69) is 15.4 Å². The predicted octanol–water partition coefficient (Wildman–Crippen LogP) is 1.87. The zero-order chi connectivity index (χ0) is 14.1. The van der Waals surface area contributed by atoms with Crippen LogP contribution in [0, 0.1) is 6.92 Å². The zero-order valence-corrected chi connectivity index (χ0v) is 10.9. The summed E-state index contributed by atoms with van der Waals surface area (Å²) in [6.07, 6.45) is 6.41. The summed E-state index contributed by atoms with van der Waals surface area (Å²) in [6, 6.07) is 5.49. The average molecular weight is 267 g/mol. The normalized spacial score (nSPS) is 10.7. The van der Waals surface area contributed by atoms with Gasteiger partial charge in [0.25, 0.3) is 5.91 Å². The van der Waals surface area contributed by atoms with Crippen LogP contribution in [0.1, 0.15) is 15.9 Å². The van der Waals surface area contributed by atoms with Gasteiger partial charge in [-0.15, -0.1) is 0 Å². The number of benzene rings is 1. The van der Waals surface area contributed by atoms with E-state index in [1.54, 1.807) is 29.2 Å². The summed E-state index contributed by atoms with van der Waals surface area (Å²) in [7, 11) is 0. The van der Waals surface area contributed by atoms with Crippen LogP contribution in [0.25, 0.3) is 5.52 Å². The quantitative estimate of drug-likeness (QED) is 0.694. The van der Waals surface area contributed by atoms with Crippen molar-refractivity contribution in [3.05, 3.63) is 54.1 Å². The second kappa shape index (κ2) is 4.65. The van der Waals surface area contributed by atoms with Crippen molar-refractivity contribution in [3.63, 3.8) is 0 Å². The summed E-state index contributed by atoms with van der Waals surface area (Å²) in [4.78, 5) is 16.3. The van der Waals surface area contributed by atoms with Gasteiger partial charge in [0.05, 0.1) is 34.8 Å². The second-order valence-electron chi connectivity index (χ2n) is 4.51. The minimum Gasteiger partial charge on any atom is -0.397 e. The largest absolute Gasteiger partial charge is 0.397 e. The third kappa shape index (κ3) is 2.07. The Morgan fingerprint density at radius 2 is 2.20 bits per heavy atom. The van der Waals surface area contributed by atoms with Crippen molar-refractivity contribution in [1.29, 1.82) is 0 Å². The Bertz CT molecular complexity index is 793. The smallest absolute Gasteiger partial charge is 0.259 e. The van der Waals surface area contributed by atoms with Crippen molar-refractivity contribution >= 4 is 22.8 Å². The summed E-state index contributed by atoms with van der Waals surface area (Å²) in [6.45, 7) is 1.94. The summed E-state index contributed by atoms with van der Waals surface area (Å²) >= 11 is 0. The molecular weight excluding hydrogens is 254 g/mol. The van der Waals surface area contributed by atoms with E-state index in [0.29, 0.717) is 22.5 Å². The molecule has 6 nitrogen and oxygen atoms in total. The van der Waals surface area contributed by atoms with Crippen molar-refractivity contribution in [2.75, 3.05) is 11.1 Å². The standard InChI is InChI=1S/C14H13N5O/c1-9-2-3-12(11(15)6-9)18-14(20)10-7-17-19-5-4-16-8-13(10)19/h2-8H,15H2,1H3,(H,18,20). The Morgan fingerprint density at radius 3 is 3.00 bits per heavy atom. The third-order valence-electron chi connectivity index (χ3n) is 3.02. The molecule has 0 fully saturated rings. The highest BCUT2D eigenvalue weighted by molar-refractivity contribution is 6.09. The number of amides is 1. The number of aromatic nitrogens is 3. The Labute approximate surface area is 115 Å². The van der Waals surface area contributed by atoms with Gasteiger partial charge < -0.3 is 11.1 Å². The fraction of sp³-hybridized carbons (Fsp3) is 0.0714. The van der Waals surface area contributed by atoms with Crippen LogP contribution in [-0.2, 0) is 0 Å². The summed E-state index contributed by atoms with van der Waals surface area (Å²) < 4.78 is 1.60. The van der Waals surface area contributed by atoms with Gasteiger partial charge in [-0.1, -0.05) is 6.07 Å². The van der Waals surface area contributed by atoms with Crippen molar-refractivity contribution < 1.29 is 4.79 Å². The first-order chi connectivity index (χ1) is 9.65. The molecule has 0 aliphatic carbocycles. The minimum absolute atomic E-state index is 0.261. The van der Waals surface area contributed by atoms with Crippen LogP contribution in [-0.4, -0.2) is 20.5 Å². The molecule has 1 amide bonds. The molecule has 0 bridgehead atoms. The maximum atomic E-state index is 12.3. The van der Waals surface area contributed by atoms with E-state index in [9.17, 15) is 4.79 Å². The first-order valence-corrected chi connectivity index (χ1v) is 6.10. The molecule has 0 radical (unpaired) electrons. The van der Waals surface area contributed by atoms with Crippen molar-refractivity contribution in [3.8, 4) is 0 Å². The molecule has 2 heterocycles. The highest BCUT2D eigenvalue weighted by Crippen LogP contribution is 2.21. The molecule has 1 aromatic carbocycles. The van der Waals surface area contributed by atoms with Gasteiger partial charge in [0, 0.05) is 12.4 Å². The van der Waals surface area contributed by atoms with Gasteiger partial charge in [0.1, 0.15) is 0 Å². The van der Waals surface area contributed by atoms with Gasteiger partial charge in [0.15, 0.2) is 0 Å². The van der Waals surface area contributed by atoms with E-state index in [0.717, 1.165) is 5.56 Å². The van der Waals surface area contributed by atoms with Crippen molar-refractivity contribution in [1.82, 2.24) is 14.6 Å². The molecule has 2 aromatic heterocycles. The first-order valence-electron chi connectivity index (χ1n) is 6.10. The number of nitrogens with two attached hydrogens (primary N) is 1. The van der Waals surface area contributed by atoms with Crippen LogP contribution < -0.4 is 11.1 Å². The number of carbonyl (C=O) groups is 1. The highest BCUT2D eigenvalue weighted by Gasteiger charge is 2.13. The number of carbonyl (C=O) groups excluding carboxylic acids is 1. The van der Waals surface area contributed by atoms with Crippen LogP contribution in [0.2, 0.25) is 0 Å². The lowest BCUT2D eigenvalue weighted by atomic mass is 10.2. The second-order valence-corrected chi connectivity index (χ2v) is 4.51. The van der Waals surface area contributed by atoms with Crippen molar-refractivity contribution in [2.24, 2.45) is 0 Å². The molecule has 3 N–H and O–H groups in total. The number of nitrogen functional groups attached to an aromatic ring is 1. The maximum absolute atomic E-state index is 12.3. The lowest BCUT2D eigenvalue weighted by Crippen LogP contribution is -2.13. The summed E-state index contributed by atoms with van der Waals surface area (Å²) in [5.74, 6) is -0.261. The van der Waals surface area contributed by atoms with Gasteiger partial charge in [-0.05, 0) is 24.6 Å². The van der Waals surface area contributed by atoms with E-state index < -0.39 is 0 Å². The molecule has 0 spiro atoms. The van der Waals surface area contributed by atoms with Gasteiger partial charge in [-0.25, -0.2) is 4.52 Å². The Kier molecular flexibility index (Phi) is 2.83. The number of nitrogens with zero attached hydrogens (tertiary/aromatic N) is 3. The van der Waals surface area contributed by atoms with E-state index >= 15 is 0 Å². The van der Waals surface area contributed by atoms with E-state index in [4.69, 9.17) is 5.73 Å². The minimum atomic E-state index is -0.261. The predicted molar refractivity (Wildman–Crippen MR) is 76.5 cm³/mol. The van der Waals surface area contributed by atoms with E-state index in [-0.39, 0.29) is 5.91 Å². The van der Waals surface area contributed by atoms with E-state index in [1.807, 2.05) is 19.1 Å². The third-order valence-corrected chi connectivity index (χ3v) is 3.02. The van der Waals surface area contributed by atoms with Gasteiger partial charge >= 0.3 is 0 Å². The number of hydrogen-bond acceptors (Lipinski definition) is 4. The Hall–Kier alpha value is -2.89. The molecule has 20 heavy (non-hydrogen) atoms. The monoisotopic (exact) mass is 267 g/mol. The van der Waals surface area contributed by atoms with Crippen LogP contribution in [0.3, 0.4) is 0 Å². The zero-order valence-electron chi connectivity index (χ0n) is 10.9. The van der Waals surface area contributed by atoms with E-state index in [1.165, 1.54) is 6.20 Å². The molecule has 0 unspecified atom stereocenters. The molecule has 3 rings (SSSR count). The Balaban J connectivity index is 1.93. The average Bonchev–Trinajstić information content (AvgIpc) is 2.86. The van der Waals surface area contributed by atoms with Crippen LogP contribution >= 0.6 is 0 Å². The Morgan fingerprint density at radius 1 is 1.35 bits per heavy atom. The van der Waals surface area contributed by atoms with Crippen LogP contribution in [0.15, 0.2) is 43.0 Å². The molecule has 0 aliphatic rings. The molecule has 6 heteroatoms. The van der Waals surface area contributed by atoms with Gasteiger partial charge in [-0.2, -0.15) is 5.10 Å². The SMILES string of the molecule is Cc1ccc(NC(=O)c2cnn3ccncc23)c(N)c1. The summed E-state index contributed by atoms with van der Waals surface area (Å²) in [5, 5.41) is 6.89. The molecule has 0 atom stereocenters. The fourth-order valence-corrected chi connectivity index (χ4v) is 2.00. The lowest BCUT2D eigenvalue weighted by molar-refractivity contribution is 0.102. The van der Waals surface area contributed by atoms with Gasteiger partial charge in [0.2, 0.25) is 0 Å². The number of fused-ring (bicyclic) bond motifs is 1. The first kappa shape index (κ1) is 12.2. The maximum Gasteiger partial charge on any atom is 0.259 e. The number of anilines is 2. The molecule has 3 aromatic rings. The summed E-state index contributed by atoms with van der Waals surface area (Å²) in [5.41, 5.74) is 9.16. The number of nitrogens with one attached hydrogen (secondary N) is 1. The molecule has 0 aliphatic heterocycles. The number of rotatable bonds is 2. The number of aryl methyl sites for hydroxylation is 1. The van der Waals surface area contributed by atoms with Crippen LogP contribution in [0.4, 0.5) is 11.4 Å². The lowest BCUT2D eigenvalue weighted by Gasteiger charge is -2.08. The van der Waals surface area contributed by atoms with Crippen LogP contribution in [0.5, 0.6) is 0 Å². The molecule has 0 saturated carbocycles. The molecular formula is C14H13N5O. The highest BCUT2D eigenvalue weighted by atomic mass is 16.1. The topological polar surface area (TPSA) is 85.3 Å². The van der Waals surface area contributed by atoms with Crippen molar-refractivity contribution in [2.45, 2.75) is 6.92 Å².